The lowest BCUT2D eigenvalue weighted by Gasteiger charge is -2.37. The van der Waals surface area contributed by atoms with Crippen LogP contribution in [-0.2, 0) is 11.0 Å². The number of carbonyl (C=O) groups excluding carboxylic acids is 2. The fourth-order valence-electron chi connectivity index (χ4n) is 5.94. The van der Waals surface area contributed by atoms with Crippen LogP contribution in [0.25, 0.3) is 0 Å². The first kappa shape index (κ1) is 28.5. The van der Waals surface area contributed by atoms with Crippen LogP contribution < -0.4 is 4.90 Å². The maximum absolute atomic E-state index is 13.6. The molecule has 1 unspecified atom stereocenters. The van der Waals surface area contributed by atoms with E-state index in [2.05, 4.69) is 11.8 Å². The maximum atomic E-state index is 13.6. The Balaban J connectivity index is 1.28. The molecule has 2 aliphatic heterocycles. The molecule has 0 radical (unpaired) electrons. The third-order valence-electron chi connectivity index (χ3n) is 8.58. The quantitative estimate of drug-likeness (QED) is 0.440. The van der Waals surface area contributed by atoms with Crippen molar-refractivity contribution in [3.05, 3.63) is 64.7 Å². The molecule has 5 rings (SSSR count). The second-order valence-electron chi connectivity index (χ2n) is 11.4. The van der Waals surface area contributed by atoms with Crippen LogP contribution in [0.4, 0.5) is 18.9 Å². The number of halogens is 3. The Morgan fingerprint density at radius 2 is 1.60 bits per heavy atom. The Bertz CT molecular complexity index is 1220. The molecule has 9 heteroatoms. The van der Waals surface area contributed by atoms with Crippen LogP contribution in [0, 0.1) is 0 Å². The molecule has 1 atom stereocenters. The maximum Gasteiger partial charge on any atom is 0.416 e. The summed E-state index contributed by atoms with van der Waals surface area (Å²) >= 11 is 0. The Labute approximate surface area is 233 Å². The highest BCUT2D eigenvalue weighted by Crippen LogP contribution is 2.43. The van der Waals surface area contributed by atoms with Crippen molar-refractivity contribution in [1.29, 1.82) is 0 Å². The van der Waals surface area contributed by atoms with Crippen molar-refractivity contribution in [2.45, 2.75) is 69.6 Å². The molecular formula is C31H38F3N3O3. The summed E-state index contributed by atoms with van der Waals surface area (Å²) in [6.07, 6.45) is 1.65. The molecule has 2 heterocycles. The number of nitrogens with zero attached hydrogens (tertiary/aromatic N) is 3. The predicted octanol–water partition coefficient (Wildman–Crippen LogP) is 5.44. The Morgan fingerprint density at radius 1 is 0.925 bits per heavy atom. The van der Waals surface area contributed by atoms with Crippen molar-refractivity contribution >= 4 is 17.5 Å². The van der Waals surface area contributed by atoms with E-state index in [1.165, 1.54) is 12.1 Å². The van der Waals surface area contributed by atoms with E-state index < -0.39 is 17.3 Å². The van der Waals surface area contributed by atoms with Gasteiger partial charge in [-0.25, -0.2) is 0 Å². The van der Waals surface area contributed by atoms with Crippen molar-refractivity contribution < 1.29 is 27.9 Å². The minimum Gasteiger partial charge on any atom is -0.380 e. The first-order valence-corrected chi connectivity index (χ1v) is 14.5. The second-order valence-corrected chi connectivity index (χ2v) is 11.4. The average molecular weight is 558 g/mol. The molecule has 3 aliphatic rings. The largest absolute Gasteiger partial charge is 0.416 e. The first-order valence-electron chi connectivity index (χ1n) is 14.5. The molecule has 2 aromatic rings. The van der Waals surface area contributed by atoms with Gasteiger partial charge in [0, 0.05) is 56.4 Å². The SMILES string of the molecule is CCCCCCN1CCC(c2ccc(C(=O)N3CCN(C(=O)C4(O)CC4)CC3)cc2)c2ccc(C(F)(F)F)cc21. The minimum absolute atomic E-state index is 0.0453. The van der Waals surface area contributed by atoms with Crippen LogP contribution in [-0.4, -0.2) is 71.6 Å². The van der Waals surface area contributed by atoms with Gasteiger partial charge in [-0.15, -0.1) is 0 Å². The fourth-order valence-corrected chi connectivity index (χ4v) is 5.94. The van der Waals surface area contributed by atoms with Gasteiger partial charge in [0.15, 0.2) is 0 Å². The number of fused-ring (bicyclic) bond motifs is 1. The zero-order valence-electron chi connectivity index (χ0n) is 23.1. The lowest BCUT2D eigenvalue weighted by atomic mass is 9.83. The van der Waals surface area contributed by atoms with E-state index in [4.69, 9.17) is 0 Å². The molecule has 2 amide bonds. The molecule has 1 saturated heterocycles. The molecular weight excluding hydrogens is 519 g/mol. The number of benzene rings is 2. The molecule has 0 spiro atoms. The van der Waals surface area contributed by atoms with Gasteiger partial charge in [0.1, 0.15) is 5.60 Å². The number of anilines is 1. The molecule has 1 N–H and O–H groups in total. The van der Waals surface area contributed by atoms with Crippen LogP contribution >= 0.6 is 0 Å². The average Bonchev–Trinajstić information content (AvgIpc) is 3.72. The normalized spacial score (nSPS) is 20.3. The summed E-state index contributed by atoms with van der Waals surface area (Å²) in [5.74, 6) is -0.393. The predicted molar refractivity (Wildman–Crippen MR) is 147 cm³/mol. The van der Waals surface area contributed by atoms with Gasteiger partial charge in [0.2, 0.25) is 0 Å². The number of amides is 2. The Kier molecular flexibility index (Phi) is 8.13. The summed E-state index contributed by atoms with van der Waals surface area (Å²) in [5.41, 5.74) is 1.26. The van der Waals surface area contributed by atoms with Crippen LogP contribution in [0.2, 0.25) is 0 Å². The van der Waals surface area contributed by atoms with Crippen LogP contribution in [0.15, 0.2) is 42.5 Å². The number of piperazine rings is 1. The van der Waals surface area contributed by atoms with Crippen LogP contribution in [0.3, 0.4) is 0 Å². The molecule has 216 valence electrons. The van der Waals surface area contributed by atoms with E-state index in [1.54, 1.807) is 28.0 Å². The third-order valence-corrected chi connectivity index (χ3v) is 8.58. The van der Waals surface area contributed by atoms with Gasteiger partial charge in [-0.3, -0.25) is 9.59 Å². The van der Waals surface area contributed by atoms with Crippen molar-refractivity contribution in [1.82, 2.24) is 9.80 Å². The molecule has 2 fully saturated rings. The van der Waals surface area contributed by atoms with Crippen LogP contribution in [0.5, 0.6) is 0 Å². The zero-order chi connectivity index (χ0) is 28.5. The number of alkyl halides is 3. The Morgan fingerprint density at radius 3 is 2.23 bits per heavy atom. The van der Waals surface area contributed by atoms with Crippen LogP contribution in [0.1, 0.15) is 84.8 Å². The fraction of sp³-hybridized carbons (Fsp3) is 0.548. The topological polar surface area (TPSA) is 64.1 Å². The first-order chi connectivity index (χ1) is 19.1. The molecule has 1 aliphatic carbocycles. The highest BCUT2D eigenvalue weighted by Gasteiger charge is 2.50. The van der Waals surface area contributed by atoms with E-state index >= 15 is 0 Å². The van der Waals surface area contributed by atoms with Gasteiger partial charge in [-0.1, -0.05) is 44.4 Å². The number of unbranched alkanes of at least 4 members (excludes halogenated alkanes) is 3. The second kappa shape index (κ2) is 11.4. The highest BCUT2D eigenvalue weighted by molar-refractivity contribution is 5.94. The molecule has 40 heavy (non-hydrogen) atoms. The summed E-state index contributed by atoms with van der Waals surface area (Å²) in [6.45, 7) is 5.19. The van der Waals surface area contributed by atoms with E-state index in [9.17, 15) is 27.9 Å². The van der Waals surface area contributed by atoms with Gasteiger partial charge < -0.3 is 19.8 Å². The van der Waals surface area contributed by atoms with Crippen molar-refractivity contribution in [3.8, 4) is 0 Å². The van der Waals surface area contributed by atoms with Gasteiger partial charge >= 0.3 is 6.18 Å². The summed E-state index contributed by atoms with van der Waals surface area (Å²) in [5, 5.41) is 10.1. The van der Waals surface area contributed by atoms with E-state index in [0.29, 0.717) is 56.8 Å². The number of carbonyl (C=O) groups is 2. The van der Waals surface area contributed by atoms with Crippen molar-refractivity contribution in [2.75, 3.05) is 44.2 Å². The zero-order valence-corrected chi connectivity index (χ0v) is 23.1. The summed E-state index contributed by atoms with van der Waals surface area (Å²) in [6, 6.07) is 11.5. The third kappa shape index (κ3) is 5.99. The number of hydrogen-bond donors (Lipinski definition) is 1. The highest BCUT2D eigenvalue weighted by atomic mass is 19.4. The van der Waals surface area contributed by atoms with E-state index in [0.717, 1.165) is 49.8 Å². The lowest BCUT2D eigenvalue weighted by molar-refractivity contribution is -0.144. The number of rotatable bonds is 8. The molecule has 0 aromatic heterocycles. The van der Waals surface area contributed by atoms with Crippen molar-refractivity contribution in [3.63, 3.8) is 0 Å². The molecule has 1 saturated carbocycles. The van der Waals surface area contributed by atoms with Gasteiger partial charge in [-0.2, -0.15) is 13.2 Å². The lowest BCUT2D eigenvalue weighted by Crippen LogP contribution is -2.53. The van der Waals surface area contributed by atoms with Gasteiger partial charge in [0.25, 0.3) is 11.8 Å². The minimum atomic E-state index is -4.39. The van der Waals surface area contributed by atoms with E-state index in [-0.39, 0.29) is 17.7 Å². The van der Waals surface area contributed by atoms with Crippen molar-refractivity contribution in [2.24, 2.45) is 0 Å². The van der Waals surface area contributed by atoms with Gasteiger partial charge in [-0.05, 0) is 61.1 Å². The number of aliphatic hydroxyl groups is 1. The summed E-state index contributed by atoms with van der Waals surface area (Å²) in [4.78, 5) is 31.0. The Hall–Kier alpha value is -3.07. The molecule has 6 nitrogen and oxygen atoms in total. The summed E-state index contributed by atoms with van der Waals surface area (Å²) < 4.78 is 40.7. The summed E-state index contributed by atoms with van der Waals surface area (Å²) in [7, 11) is 0. The molecule has 2 aromatic carbocycles. The van der Waals surface area contributed by atoms with E-state index in [1.807, 2.05) is 12.1 Å². The number of hydrogen-bond acceptors (Lipinski definition) is 4. The molecule has 0 bridgehead atoms. The standard InChI is InChI=1S/C31H38F3N3O3/c1-2-3-4-5-15-35-16-12-25(26-11-10-24(21-27(26)35)31(32,33)34)22-6-8-23(9-7-22)28(38)36-17-19-37(20-18-36)29(39)30(40)13-14-30/h6-11,21,25,40H,2-5,12-20H2,1H3. The van der Waals surface area contributed by atoms with Gasteiger partial charge in [0.05, 0.1) is 5.56 Å². The smallest absolute Gasteiger partial charge is 0.380 e. The monoisotopic (exact) mass is 557 g/mol.